The summed E-state index contributed by atoms with van der Waals surface area (Å²) in [5, 5.41) is 4.39. The quantitative estimate of drug-likeness (QED) is 0.787. The maximum Gasteiger partial charge on any atom is 0.254 e. The minimum Gasteiger partial charge on any atom is -0.339 e. The summed E-state index contributed by atoms with van der Waals surface area (Å²) in [7, 11) is 0. The van der Waals surface area contributed by atoms with Crippen LogP contribution in [0.5, 0.6) is 0 Å². The van der Waals surface area contributed by atoms with E-state index in [4.69, 9.17) is 0 Å². The molecule has 1 aliphatic rings. The van der Waals surface area contributed by atoms with E-state index in [2.05, 4.69) is 35.9 Å². The van der Waals surface area contributed by atoms with Gasteiger partial charge in [0.1, 0.15) is 0 Å². The van der Waals surface area contributed by atoms with Crippen molar-refractivity contribution in [2.45, 2.75) is 39.5 Å². The Hall–Kier alpha value is -1.61. The van der Waals surface area contributed by atoms with Gasteiger partial charge in [0.15, 0.2) is 0 Å². The van der Waals surface area contributed by atoms with Crippen LogP contribution in [0, 0.1) is 20.8 Å². The van der Waals surface area contributed by atoms with Crippen molar-refractivity contribution < 1.29 is 4.79 Å². The van der Waals surface area contributed by atoms with Gasteiger partial charge in [-0.2, -0.15) is 11.3 Å². The molecule has 22 heavy (non-hydrogen) atoms. The molecule has 0 atom stereocenters. The molecule has 0 N–H and O–H groups in total. The third-order valence-electron chi connectivity index (χ3n) is 4.69. The first-order chi connectivity index (χ1) is 10.6. The van der Waals surface area contributed by atoms with E-state index in [9.17, 15) is 4.79 Å². The number of piperidine rings is 1. The van der Waals surface area contributed by atoms with Crippen molar-refractivity contribution in [1.82, 2.24) is 4.90 Å². The Kier molecular flexibility index (Phi) is 4.34. The molecule has 1 saturated heterocycles. The van der Waals surface area contributed by atoms with Gasteiger partial charge in [0.05, 0.1) is 0 Å². The molecule has 0 radical (unpaired) electrons. The van der Waals surface area contributed by atoms with Gasteiger partial charge in [0.25, 0.3) is 5.91 Å². The number of aryl methyl sites for hydroxylation is 3. The average Bonchev–Trinajstić information content (AvgIpc) is 3.00. The van der Waals surface area contributed by atoms with Crippen molar-refractivity contribution in [3.63, 3.8) is 0 Å². The van der Waals surface area contributed by atoms with Crippen LogP contribution >= 0.6 is 11.3 Å². The highest BCUT2D eigenvalue weighted by atomic mass is 32.1. The number of carbonyl (C=O) groups is 1. The molecule has 1 amide bonds. The minimum atomic E-state index is 0.207. The number of likely N-dealkylation sites (tertiary alicyclic amines) is 1. The van der Waals surface area contributed by atoms with Gasteiger partial charge in [-0.1, -0.05) is 17.7 Å². The minimum absolute atomic E-state index is 0.207. The molecule has 2 aromatic rings. The van der Waals surface area contributed by atoms with Crippen molar-refractivity contribution in [2.24, 2.45) is 0 Å². The second-order valence-corrected chi connectivity index (χ2v) is 7.18. The lowest BCUT2D eigenvalue weighted by Crippen LogP contribution is -2.38. The van der Waals surface area contributed by atoms with Crippen molar-refractivity contribution in [3.05, 3.63) is 56.8 Å². The molecule has 1 fully saturated rings. The zero-order chi connectivity index (χ0) is 15.7. The molecule has 1 aromatic heterocycles. The van der Waals surface area contributed by atoms with Crippen LogP contribution < -0.4 is 0 Å². The first-order valence-corrected chi connectivity index (χ1v) is 8.89. The number of nitrogens with zero attached hydrogens (tertiary/aromatic N) is 1. The first-order valence-electron chi connectivity index (χ1n) is 7.95. The maximum atomic E-state index is 12.9. The zero-order valence-corrected chi connectivity index (χ0v) is 14.4. The van der Waals surface area contributed by atoms with E-state index in [-0.39, 0.29) is 5.91 Å². The molecule has 0 bridgehead atoms. The van der Waals surface area contributed by atoms with Gasteiger partial charge in [-0.05, 0) is 73.0 Å². The van der Waals surface area contributed by atoms with Crippen LogP contribution in [-0.2, 0) is 0 Å². The Morgan fingerprint density at radius 1 is 1.14 bits per heavy atom. The lowest BCUT2D eigenvalue weighted by molar-refractivity contribution is 0.0711. The van der Waals surface area contributed by atoms with Gasteiger partial charge in [-0.3, -0.25) is 4.79 Å². The lowest BCUT2D eigenvalue weighted by Gasteiger charge is -2.32. The van der Waals surface area contributed by atoms with Crippen LogP contribution in [0.4, 0.5) is 0 Å². The topological polar surface area (TPSA) is 20.3 Å². The summed E-state index contributed by atoms with van der Waals surface area (Å²) in [6.07, 6.45) is 2.15. The lowest BCUT2D eigenvalue weighted by atomic mass is 9.90. The smallest absolute Gasteiger partial charge is 0.254 e. The number of thiophene rings is 1. The fraction of sp³-hybridized carbons (Fsp3) is 0.421. The van der Waals surface area contributed by atoms with Crippen molar-refractivity contribution in [2.75, 3.05) is 13.1 Å². The molecule has 2 heterocycles. The normalized spacial score (nSPS) is 16.0. The fourth-order valence-electron chi connectivity index (χ4n) is 3.60. The second kappa shape index (κ2) is 6.25. The first kappa shape index (κ1) is 15.3. The summed E-state index contributed by atoms with van der Waals surface area (Å²) in [6, 6.07) is 6.44. The zero-order valence-electron chi connectivity index (χ0n) is 13.6. The van der Waals surface area contributed by atoms with E-state index >= 15 is 0 Å². The summed E-state index contributed by atoms with van der Waals surface area (Å²) in [5.41, 5.74) is 5.77. The molecule has 1 aliphatic heterocycles. The summed E-state index contributed by atoms with van der Waals surface area (Å²) in [4.78, 5) is 14.9. The molecule has 2 nitrogen and oxygen atoms in total. The third-order valence-corrected chi connectivity index (χ3v) is 5.39. The van der Waals surface area contributed by atoms with E-state index in [1.54, 1.807) is 11.3 Å². The average molecular weight is 313 g/mol. The van der Waals surface area contributed by atoms with E-state index in [0.29, 0.717) is 5.92 Å². The standard InChI is InChI=1S/C19H23NOS/c1-13-10-14(2)18(15(3)11-13)19(21)20-7-4-16(5-8-20)17-6-9-22-12-17/h6,9-12,16H,4-5,7-8H2,1-3H3. The monoisotopic (exact) mass is 313 g/mol. The molecule has 0 unspecified atom stereocenters. The Morgan fingerprint density at radius 3 is 2.32 bits per heavy atom. The number of carbonyl (C=O) groups excluding carboxylic acids is 1. The largest absolute Gasteiger partial charge is 0.339 e. The Bertz CT molecular complexity index is 644. The number of benzene rings is 1. The van der Waals surface area contributed by atoms with E-state index in [0.717, 1.165) is 42.6 Å². The SMILES string of the molecule is Cc1cc(C)c(C(=O)N2CCC(c3ccsc3)CC2)c(C)c1. The van der Waals surface area contributed by atoms with Gasteiger partial charge in [0.2, 0.25) is 0 Å². The number of amides is 1. The van der Waals surface area contributed by atoms with Crippen LogP contribution in [0.3, 0.4) is 0 Å². The van der Waals surface area contributed by atoms with Crippen molar-refractivity contribution in [1.29, 1.82) is 0 Å². The number of rotatable bonds is 2. The summed E-state index contributed by atoms with van der Waals surface area (Å²) in [5.74, 6) is 0.828. The highest BCUT2D eigenvalue weighted by molar-refractivity contribution is 7.07. The Balaban J connectivity index is 1.73. The molecule has 0 saturated carbocycles. The predicted molar refractivity (Wildman–Crippen MR) is 92.9 cm³/mol. The highest BCUT2D eigenvalue weighted by Crippen LogP contribution is 2.30. The van der Waals surface area contributed by atoms with Gasteiger partial charge < -0.3 is 4.90 Å². The molecular weight excluding hydrogens is 290 g/mol. The van der Waals surface area contributed by atoms with Gasteiger partial charge in [-0.25, -0.2) is 0 Å². The summed E-state index contributed by atoms with van der Waals surface area (Å²) in [6.45, 7) is 7.91. The van der Waals surface area contributed by atoms with Crippen LogP contribution in [0.2, 0.25) is 0 Å². The Morgan fingerprint density at radius 2 is 1.77 bits per heavy atom. The molecule has 116 valence electrons. The van der Waals surface area contributed by atoms with Gasteiger partial charge in [-0.15, -0.1) is 0 Å². The van der Waals surface area contributed by atoms with E-state index < -0.39 is 0 Å². The second-order valence-electron chi connectivity index (χ2n) is 6.40. The van der Waals surface area contributed by atoms with Crippen molar-refractivity contribution in [3.8, 4) is 0 Å². The molecule has 3 heteroatoms. The van der Waals surface area contributed by atoms with Gasteiger partial charge >= 0.3 is 0 Å². The van der Waals surface area contributed by atoms with Crippen LogP contribution in [0.1, 0.15) is 51.4 Å². The van der Waals surface area contributed by atoms with E-state index in [1.807, 2.05) is 18.7 Å². The molecule has 0 aliphatic carbocycles. The predicted octanol–water partition coefficient (Wildman–Crippen LogP) is 4.69. The highest BCUT2D eigenvalue weighted by Gasteiger charge is 2.26. The van der Waals surface area contributed by atoms with Crippen molar-refractivity contribution >= 4 is 17.2 Å². The van der Waals surface area contributed by atoms with E-state index in [1.165, 1.54) is 11.1 Å². The number of hydrogen-bond acceptors (Lipinski definition) is 2. The molecule has 3 rings (SSSR count). The molecular formula is C19H23NOS. The fourth-order valence-corrected chi connectivity index (χ4v) is 4.34. The third kappa shape index (κ3) is 2.95. The summed E-state index contributed by atoms with van der Waals surface area (Å²) < 4.78 is 0. The van der Waals surface area contributed by atoms with Gasteiger partial charge in [0, 0.05) is 18.7 Å². The van der Waals surface area contributed by atoms with Crippen LogP contribution in [0.15, 0.2) is 29.0 Å². The number of hydrogen-bond donors (Lipinski definition) is 0. The molecule has 1 aromatic carbocycles. The maximum absolute atomic E-state index is 12.9. The Labute approximate surface area is 136 Å². The van der Waals surface area contributed by atoms with Crippen LogP contribution in [0.25, 0.3) is 0 Å². The van der Waals surface area contributed by atoms with Crippen LogP contribution in [-0.4, -0.2) is 23.9 Å². The molecule has 0 spiro atoms. The summed E-state index contributed by atoms with van der Waals surface area (Å²) >= 11 is 1.76.